The predicted molar refractivity (Wildman–Crippen MR) is 108 cm³/mol. The van der Waals surface area contributed by atoms with Crippen molar-refractivity contribution in [2.45, 2.75) is 16.2 Å². The fourth-order valence-corrected chi connectivity index (χ4v) is 3.51. The lowest BCUT2D eigenvalue weighted by molar-refractivity contribution is 0.153. The molecule has 2 aromatic carbocycles. The highest BCUT2D eigenvalue weighted by molar-refractivity contribution is 7.99. The van der Waals surface area contributed by atoms with Crippen LogP contribution in [-0.2, 0) is 0 Å². The second kappa shape index (κ2) is 7.58. The average Bonchev–Trinajstić information content (AvgIpc) is 2.88. The molecule has 0 saturated carbocycles. The second-order valence-corrected chi connectivity index (χ2v) is 6.71. The summed E-state index contributed by atoms with van der Waals surface area (Å²) in [5, 5.41) is -0.355. The number of rotatable bonds is 4. The number of halogens is 1. The van der Waals surface area contributed by atoms with Crippen LogP contribution in [0.5, 0.6) is 0 Å². The van der Waals surface area contributed by atoms with E-state index >= 15 is 0 Å². The van der Waals surface area contributed by atoms with E-state index in [0.717, 1.165) is 18.8 Å². The maximum Gasteiger partial charge on any atom is 0.0661 e. The molecule has 0 bridgehead atoms. The number of benzene rings is 2. The van der Waals surface area contributed by atoms with Crippen LogP contribution < -0.4 is 4.90 Å². The molecule has 0 atom stereocenters. The minimum Gasteiger partial charge on any atom is -0.340 e. The Morgan fingerprint density at radius 1 is 1.04 bits per heavy atom. The number of para-hydroxylation sites is 1. The van der Waals surface area contributed by atoms with Gasteiger partial charge in [-0.1, -0.05) is 35.4 Å². The normalized spacial score (nSPS) is 34.8. The maximum atomic E-state index is 8.57. The Balaban J connectivity index is 1.82. The third-order valence-corrected chi connectivity index (χ3v) is 4.76. The Hall–Kier alpha value is -1.20. The molecule has 0 aliphatic carbocycles. The van der Waals surface area contributed by atoms with E-state index in [1.54, 1.807) is 0 Å². The summed E-state index contributed by atoms with van der Waals surface area (Å²) in [6, 6.07) is -3.13. The van der Waals surface area contributed by atoms with Crippen molar-refractivity contribution < 1.29 is 20.6 Å². The molecule has 1 saturated heterocycles. The van der Waals surface area contributed by atoms with Gasteiger partial charge in [0.05, 0.1) is 21.0 Å². The van der Waals surface area contributed by atoms with Crippen molar-refractivity contribution in [2.24, 2.45) is 0 Å². The van der Waals surface area contributed by atoms with Gasteiger partial charge in [-0.3, -0.25) is 0 Å². The minimum absolute atomic E-state index is 0.0106. The van der Waals surface area contributed by atoms with Gasteiger partial charge in [0.25, 0.3) is 0 Å². The van der Waals surface area contributed by atoms with Crippen LogP contribution in [0.2, 0.25) is 5.02 Å². The van der Waals surface area contributed by atoms with Crippen LogP contribution in [0.1, 0.15) is 27.0 Å². The fourth-order valence-electron chi connectivity index (χ4n) is 2.45. The molecule has 25 heavy (non-hydrogen) atoms. The number of fused-ring (bicyclic) bond motifs is 2. The summed E-state index contributed by atoms with van der Waals surface area (Å²) < 4.78 is 125. The summed E-state index contributed by atoms with van der Waals surface area (Å²) >= 11 is 6.97. The summed E-state index contributed by atoms with van der Waals surface area (Å²) in [6.45, 7) is -12.6. The zero-order valence-corrected chi connectivity index (χ0v) is 14.8. The topological polar surface area (TPSA) is 9.72 Å². The standard InChI is InChI=1S/C20H24ClN3S/c1-22-11-13-23(14-12-22)9-4-10-24-17-5-2-3-6-19(17)25-20-8-7-16(21)15-18(20)24/h2-3,5-8,15H,4,9-14H2,1H3/i2D,3D,5D,6D,7D,8D,11D2,12D2,13D2,14D2,15D. The lowest BCUT2D eigenvalue weighted by atomic mass is 10.2. The molecular weight excluding hydrogens is 350 g/mol. The molecule has 2 heterocycles. The van der Waals surface area contributed by atoms with Crippen LogP contribution in [0.25, 0.3) is 0 Å². The molecule has 1 fully saturated rings. The van der Waals surface area contributed by atoms with Crippen molar-refractivity contribution >= 4 is 34.7 Å². The highest BCUT2D eigenvalue weighted by Gasteiger charge is 2.23. The molecule has 0 N–H and O–H groups in total. The first-order valence-electron chi connectivity index (χ1n) is 15.0. The summed E-state index contributed by atoms with van der Waals surface area (Å²) in [7, 11) is 0.956. The predicted octanol–water partition coefficient (Wildman–Crippen LogP) is 4.58. The average molecular weight is 389 g/mol. The van der Waals surface area contributed by atoms with Gasteiger partial charge in [-0.05, 0) is 50.2 Å². The Labute approximate surface area is 180 Å². The van der Waals surface area contributed by atoms with Gasteiger partial charge < -0.3 is 14.7 Å². The molecule has 3 nitrogen and oxygen atoms in total. The number of likely N-dealkylation sites (N-methyl/N-ethyl adjacent to an activating group) is 1. The summed E-state index contributed by atoms with van der Waals surface area (Å²) in [6.07, 6.45) is -0.186. The van der Waals surface area contributed by atoms with E-state index in [-0.39, 0.29) is 51.2 Å². The molecular formula is C20H24ClN3S. The quantitative estimate of drug-likeness (QED) is 0.757. The number of piperazine rings is 1. The van der Waals surface area contributed by atoms with Crippen molar-refractivity contribution in [1.82, 2.24) is 9.80 Å². The number of nitrogens with zero attached hydrogens (tertiary/aromatic N) is 3. The van der Waals surface area contributed by atoms with Gasteiger partial charge in [0.1, 0.15) is 0 Å². The van der Waals surface area contributed by atoms with Crippen molar-refractivity contribution in [3.8, 4) is 0 Å². The zero-order valence-electron chi connectivity index (χ0n) is 28.2. The molecule has 0 spiro atoms. The molecule has 5 heteroatoms. The number of anilines is 2. The number of hydrogen-bond donors (Lipinski definition) is 0. The first-order chi connectivity index (χ1) is 18.2. The smallest absolute Gasteiger partial charge is 0.0661 e. The van der Waals surface area contributed by atoms with Crippen LogP contribution in [0.15, 0.2) is 52.1 Å². The summed E-state index contributed by atoms with van der Waals surface area (Å²) in [5.74, 6) is 0. The third-order valence-electron chi connectivity index (χ3n) is 3.58. The van der Waals surface area contributed by atoms with Crippen molar-refractivity contribution in [1.29, 1.82) is 0 Å². The molecule has 4 rings (SSSR count). The molecule has 0 unspecified atom stereocenters. The van der Waals surface area contributed by atoms with Crippen LogP contribution in [0.3, 0.4) is 0 Å². The van der Waals surface area contributed by atoms with Crippen LogP contribution in [0.4, 0.5) is 11.4 Å². The monoisotopic (exact) mass is 388 g/mol. The van der Waals surface area contributed by atoms with E-state index in [2.05, 4.69) is 0 Å². The van der Waals surface area contributed by atoms with E-state index in [4.69, 9.17) is 32.2 Å². The molecule has 132 valence electrons. The SMILES string of the molecule is [2H]c1c([2H])c([2H])c2c(c1[2H])Sc1c([2H])c([2H])c(Cl)c([2H])c1N2CCCN1C([2H])([2H])C([2H])([2H])N(C)C([2H])([2H])C1([2H])[2H]. The van der Waals surface area contributed by atoms with Gasteiger partial charge in [-0.25, -0.2) is 0 Å². The Morgan fingerprint density at radius 3 is 2.64 bits per heavy atom. The highest BCUT2D eigenvalue weighted by Crippen LogP contribution is 2.48. The zero-order chi connectivity index (χ0) is 30.5. The summed E-state index contributed by atoms with van der Waals surface area (Å²) in [5.41, 5.74) is -0.0520. The van der Waals surface area contributed by atoms with Gasteiger partial charge in [0.15, 0.2) is 0 Å². The minimum atomic E-state index is -2.99. The van der Waals surface area contributed by atoms with Crippen LogP contribution >= 0.6 is 23.4 Å². The molecule has 0 radical (unpaired) electrons. The van der Waals surface area contributed by atoms with Crippen molar-refractivity contribution in [3.05, 3.63) is 47.3 Å². The van der Waals surface area contributed by atoms with Gasteiger partial charge in [-0.2, -0.15) is 0 Å². The van der Waals surface area contributed by atoms with Crippen LogP contribution in [-0.4, -0.2) is 55.9 Å². The first-order valence-corrected chi connectivity index (χ1v) is 8.71. The molecule has 0 aromatic heterocycles. The van der Waals surface area contributed by atoms with E-state index in [9.17, 15) is 0 Å². The van der Waals surface area contributed by atoms with E-state index in [1.807, 2.05) is 0 Å². The Morgan fingerprint density at radius 2 is 1.80 bits per heavy atom. The highest BCUT2D eigenvalue weighted by atomic mass is 35.5. The maximum absolute atomic E-state index is 8.57. The first kappa shape index (κ1) is 7.08. The van der Waals surface area contributed by atoms with Gasteiger partial charge >= 0.3 is 0 Å². The Bertz CT molecular complexity index is 1310. The lowest BCUT2D eigenvalue weighted by Crippen LogP contribution is -2.45. The molecule has 2 aliphatic heterocycles. The van der Waals surface area contributed by atoms with E-state index in [0.29, 0.717) is 9.80 Å². The van der Waals surface area contributed by atoms with Crippen molar-refractivity contribution in [2.75, 3.05) is 51.0 Å². The van der Waals surface area contributed by atoms with Gasteiger partial charge in [-0.15, -0.1) is 0 Å². The van der Waals surface area contributed by atoms with Crippen LogP contribution in [0, 0.1) is 0 Å². The third kappa shape index (κ3) is 3.82. The van der Waals surface area contributed by atoms with Gasteiger partial charge in [0.2, 0.25) is 0 Å². The largest absolute Gasteiger partial charge is 0.340 e. The fraction of sp³-hybridized carbons (Fsp3) is 0.400. The lowest BCUT2D eigenvalue weighted by Gasteiger charge is -2.35. The van der Waals surface area contributed by atoms with E-state index in [1.165, 1.54) is 4.90 Å². The van der Waals surface area contributed by atoms with Gasteiger partial charge in [0, 0.05) is 58.3 Å². The van der Waals surface area contributed by atoms with Crippen molar-refractivity contribution in [3.63, 3.8) is 0 Å². The second-order valence-electron chi connectivity index (χ2n) is 5.31. The molecule has 2 aromatic rings. The molecule has 0 amide bonds. The Kier molecular flexibility index (Phi) is 2.15. The number of hydrogen-bond acceptors (Lipinski definition) is 4. The van der Waals surface area contributed by atoms with E-state index < -0.39 is 62.7 Å². The summed E-state index contributed by atoms with van der Waals surface area (Å²) in [4.78, 5) is 2.22. The molecule has 2 aliphatic rings.